The number of nitrogens with one attached hydrogen (secondary N) is 1. The van der Waals surface area contributed by atoms with Gasteiger partial charge in [0.15, 0.2) is 11.5 Å². The van der Waals surface area contributed by atoms with Crippen molar-refractivity contribution in [2.75, 3.05) is 19.0 Å². The van der Waals surface area contributed by atoms with Crippen molar-refractivity contribution in [3.05, 3.63) is 63.3 Å². The first kappa shape index (κ1) is 21.9. The lowest BCUT2D eigenvalue weighted by Crippen LogP contribution is -2.22. The first-order chi connectivity index (χ1) is 15.4. The van der Waals surface area contributed by atoms with Crippen LogP contribution >= 0.6 is 11.3 Å². The third kappa shape index (κ3) is 4.08. The number of ether oxygens (including phenoxy) is 2. The van der Waals surface area contributed by atoms with Crippen molar-refractivity contribution in [1.82, 2.24) is 0 Å². The highest BCUT2D eigenvalue weighted by Gasteiger charge is 2.34. The van der Waals surface area contributed by atoms with Gasteiger partial charge < -0.3 is 19.9 Å². The first-order valence-corrected chi connectivity index (χ1v) is 11.3. The molecule has 1 atom stereocenters. The number of carboxylic acids is 1. The maximum Gasteiger partial charge on any atom is 0.346 e. The minimum absolute atomic E-state index is 0.143. The van der Waals surface area contributed by atoms with E-state index in [0.29, 0.717) is 29.4 Å². The molecule has 6 nitrogen and oxygen atoms in total. The summed E-state index contributed by atoms with van der Waals surface area (Å²) in [6, 6.07) is 13.3. The van der Waals surface area contributed by atoms with Gasteiger partial charge in [0.1, 0.15) is 4.88 Å². The molecule has 2 aromatic carbocycles. The van der Waals surface area contributed by atoms with E-state index in [-0.39, 0.29) is 23.1 Å². The zero-order valence-corrected chi connectivity index (χ0v) is 19.0. The van der Waals surface area contributed by atoms with E-state index in [0.717, 1.165) is 28.0 Å². The number of carbonyl (C=O) groups is 2. The van der Waals surface area contributed by atoms with E-state index >= 15 is 0 Å². The second-order valence-electron chi connectivity index (χ2n) is 7.78. The number of benzene rings is 2. The van der Waals surface area contributed by atoms with Gasteiger partial charge in [0.25, 0.3) is 0 Å². The lowest BCUT2D eigenvalue weighted by Gasteiger charge is -2.24. The number of aromatic carboxylic acids is 1. The molecule has 1 aliphatic rings. The SMILES string of the molecule is CCCOc1ccc([C@@H]2CC(=O)Nc3c2sc(C(=O)O)c3-c2ccc(C)cc2)cc1OC. The van der Waals surface area contributed by atoms with Crippen molar-refractivity contribution < 1.29 is 24.2 Å². The van der Waals surface area contributed by atoms with Gasteiger partial charge in [-0.1, -0.05) is 42.8 Å². The van der Waals surface area contributed by atoms with Crippen LogP contribution < -0.4 is 14.8 Å². The monoisotopic (exact) mass is 451 g/mol. The minimum Gasteiger partial charge on any atom is -0.493 e. The van der Waals surface area contributed by atoms with E-state index < -0.39 is 5.97 Å². The second-order valence-corrected chi connectivity index (χ2v) is 8.83. The molecule has 4 rings (SSSR count). The van der Waals surface area contributed by atoms with E-state index in [1.54, 1.807) is 7.11 Å². The van der Waals surface area contributed by atoms with Crippen LogP contribution in [0.3, 0.4) is 0 Å². The Balaban J connectivity index is 1.83. The molecule has 0 saturated carbocycles. The van der Waals surface area contributed by atoms with Crippen LogP contribution in [0.4, 0.5) is 5.69 Å². The Morgan fingerprint density at radius 3 is 2.59 bits per heavy atom. The van der Waals surface area contributed by atoms with Gasteiger partial charge in [-0.3, -0.25) is 4.79 Å². The number of hydrogen-bond donors (Lipinski definition) is 2. The average Bonchev–Trinajstić information content (AvgIpc) is 3.17. The Kier molecular flexibility index (Phi) is 6.19. The number of aryl methyl sites for hydroxylation is 1. The molecule has 0 spiro atoms. The van der Waals surface area contributed by atoms with Crippen LogP contribution in [0.5, 0.6) is 11.5 Å². The molecule has 2 heterocycles. The summed E-state index contributed by atoms with van der Waals surface area (Å²) >= 11 is 1.22. The van der Waals surface area contributed by atoms with Crippen molar-refractivity contribution in [3.63, 3.8) is 0 Å². The summed E-state index contributed by atoms with van der Waals surface area (Å²) in [6.45, 7) is 4.59. The van der Waals surface area contributed by atoms with Crippen molar-refractivity contribution in [2.45, 2.75) is 32.6 Å². The Morgan fingerprint density at radius 2 is 1.94 bits per heavy atom. The molecule has 1 aromatic heterocycles. The largest absolute Gasteiger partial charge is 0.493 e. The molecule has 0 bridgehead atoms. The summed E-state index contributed by atoms with van der Waals surface area (Å²) in [4.78, 5) is 25.8. The van der Waals surface area contributed by atoms with Gasteiger partial charge in [0.2, 0.25) is 5.91 Å². The fourth-order valence-electron chi connectivity index (χ4n) is 3.93. The van der Waals surface area contributed by atoms with Crippen LogP contribution in [0.2, 0.25) is 0 Å². The molecule has 2 N–H and O–H groups in total. The summed E-state index contributed by atoms with van der Waals surface area (Å²) < 4.78 is 11.3. The Hall–Kier alpha value is -3.32. The molecular weight excluding hydrogens is 426 g/mol. The Morgan fingerprint density at radius 1 is 1.19 bits per heavy atom. The summed E-state index contributed by atoms with van der Waals surface area (Å²) in [6.07, 6.45) is 1.12. The van der Waals surface area contributed by atoms with Gasteiger partial charge in [-0.15, -0.1) is 11.3 Å². The number of anilines is 1. The number of amides is 1. The Bertz CT molecular complexity index is 1170. The van der Waals surface area contributed by atoms with E-state index in [9.17, 15) is 14.7 Å². The Labute approximate surface area is 190 Å². The van der Waals surface area contributed by atoms with Crippen LogP contribution in [-0.2, 0) is 4.79 Å². The normalized spacial score (nSPS) is 15.1. The predicted octanol–water partition coefficient (Wildman–Crippen LogP) is 5.69. The summed E-state index contributed by atoms with van der Waals surface area (Å²) in [5.41, 5.74) is 3.88. The van der Waals surface area contributed by atoms with E-state index in [2.05, 4.69) is 5.32 Å². The molecule has 0 saturated heterocycles. The third-order valence-electron chi connectivity index (χ3n) is 5.49. The molecule has 7 heteroatoms. The predicted molar refractivity (Wildman–Crippen MR) is 125 cm³/mol. The highest BCUT2D eigenvalue weighted by Crippen LogP contribution is 2.50. The molecule has 0 radical (unpaired) electrons. The van der Waals surface area contributed by atoms with Gasteiger partial charge in [0, 0.05) is 22.8 Å². The fraction of sp³-hybridized carbons (Fsp3) is 0.280. The van der Waals surface area contributed by atoms with Gasteiger partial charge >= 0.3 is 5.97 Å². The maximum atomic E-state index is 12.7. The number of methoxy groups -OCH3 is 1. The fourth-order valence-corrected chi connectivity index (χ4v) is 5.18. The van der Waals surface area contributed by atoms with Crippen molar-refractivity contribution in [3.8, 4) is 22.6 Å². The van der Waals surface area contributed by atoms with Gasteiger partial charge in [-0.25, -0.2) is 4.79 Å². The van der Waals surface area contributed by atoms with Crippen LogP contribution in [0, 0.1) is 6.92 Å². The molecule has 0 aliphatic carbocycles. The molecule has 32 heavy (non-hydrogen) atoms. The molecule has 1 amide bonds. The zero-order chi connectivity index (χ0) is 22.8. The highest BCUT2D eigenvalue weighted by molar-refractivity contribution is 7.15. The van der Waals surface area contributed by atoms with Gasteiger partial charge in [-0.05, 0) is 36.6 Å². The van der Waals surface area contributed by atoms with Crippen LogP contribution in [0.1, 0.15) is 51.4 Å². The maximum absolute atomic E-state index is 12.7. The first-order valence-electron chi connectivity index (χ1n) is 10.5. The molecule has 3 aromatic rings. The smallest absolute Gasteiger partial charge is 0.346 e. The minimum atomic E-state index is -1.01. The average molecular weight is 452 g/mol. The zero-order valence-electron chi connectivity index (χ0n) is 18.2. The topological polar surface area (TPSA) is 84.9 Å². The number of carbonyl (C=O) groups excluding carboxylic acids is 1. The lowest BCUT2D eigenvalue weighted by atomic mass is 9.88. The molecule has 1 aliphatic heterocycles. The van der Waals surface area contributed by atoms with Crippen LogP contribution in [-0.4, -0.2) is 30.7 Å². The number of hydrogen-bond acceptors (Lipinski definition) is 5. The summed E-state index contributed by atoms with van der Waals surface area (Å²) in [7, 11) is 1.58. The molecule has 0 fully saturated rings. The quantitative estimate of drug-likeness (QED) is 0.482. The molecule has 166 valence electrons. The number of rotatable bonds is 7. The highest BCUT2D eigenvalue weighted by atomic mass is 32.1. The van der Waals surface area contributed by atoms with E-state index in [1.165, 1.54) is 11.3 Å². The standard InChI is InChI=1S/C25H25NO5S/c1-4-11-31-18-10-9-16(12-19(18)30-3)17-13-20(27)26-22-21(15-7-5-14(2)6-8-15)24(25(28)29)32-23(17)22/h5-10,12,17H,4,11,13H2,1-3H3,(H,26,27)(H,28,29)/t17-/m0/s1. The molecular formula is C25H25NO5S. The van der Waals surface area contributed by atoms with E-state index in [1.807, 2.05) is 56.3 Å². The third-order valence-corrected chi connectivity index (χ3v) is 6.78. The number of thiophene rings is 1. The van der Waals surface area contributed by atoms with Crippen molar-refractivity contribution in [2.24, 2.45) is 0 Å². The van der Waals surface area contributed by atoms with Gasteiger partial charge in [-0.2, -0.15) is 0 Å². The summed E-state index contributed by atoms with van der Waals surface area (Å²) in [5.74, 6) is -0.173. The summed E-state index contributed by atoms with van der Waals surface area (Å²) in [5, 5.41) is 12.9. The van der Waals surface area contributed by atoms with E-state index in [4.69, 9.17) is 9.47 Å². The number of fused-ring (bicyclic) bond motifs is 1. The van der Waals surface area contributed by atoms with Gasteiger partial charge in [0.05, 0.1) is 19.4 Å². The molecule has 0 unspecified atom stereocenters. The van der Waals surface area contributed by atoms with Crippen LogP contribution in [0.25, 0.3) is 11.1 Å². The lowest BCUT2D eigenvalue weighted by molar-refractivity contribution is -0.116. The number of carboxylic acid groups (broad SMARTS) is 1. The van der Waals surface area contributed by atoms with Crippen molar-refractivity contribution in [1.29, 1.82) is 0 Å². The van der Waals surface area contributed by atoms with Crippen molar-refractivity contribution >= 4 is 28.9 Å². The second kappa shape index (κ2) is 9.04. The van der Waals surface area contributed by atoms with Crippen LogP contribution in [0.15, 0.2) is 42.5 Å².